The maximum absolute atomic E-state index is 2.44. The normalized spacial score (nSPS) is 17.2. The number of benzene rings is 1. The predicted octanol–water partition coefficient (Wildman–Crippen LogP) is 5.62. The first-order valence-electron chi connectivity index (χ1n) is 9.32. The molecule has 0 N–H and O–H groups in total. The van der Waals surface area contributed by atoms with Gasteiger partial charge in [-0.1, -0.05) is 52.7 Å². The first-order chi connectivity index (χ1) is 11.2. The Hall–Kier alpha value is -1.63. The van der Waals surface area contributed by atoms with Gasteiger partial charge in [-0.05, 0) is 53.4 Å². The summed E-state index contributed by atoms with van der Waals surface area (Å²) in [6.45, 7) is 11.5. The second kappa shape index (κ2) is 6.02. The molecule has 24 heavy (non-hydrogen) atoms. The molecule has 0 atom stereocenters. The van der Waals surface area contributed by atoms with Crippen molar-refractivity contribution in [2.24, 2.45) is 7.05 Å². The van der Waals surface area contributed by atoms with Gasteiger partial charge in [0.15, 0.2) is 6.20 Å². The van der Waals surface area contributed by atoms with Crippen molar-refractivity contribution in [1.29, 1.82) is 0 Å². The monoisotopic (exact) mass is 322 g/mol. The van der Waals surface area contributed by atoms with Crippen LogP contribution in [0.15, 0.2) is 36.5 Å². The number of rotatable bonds is 2. The Labute approximate surface area is 147 Å². The topological polar surface area (TPSA) is 3.88 Å². The van der Waals surface area contributed by atoms with Crippen molar-refractivity contribution in [2.45, 2.75) is 71.1 Å². The zero-order valence-electron chi connectivity index (χ0n) is 16.2. The Morgan fingerprint density at radius 2 is 1.67 bits per heavy atom. The van der Waals surface area contributed by atoms with Crippen LogP contribution in [0.3, 0.4) is 0 Å². The lowest BCUT2D eigenvalue weighted by Gasteiger charge is -2.24. The van der Waals surface area contributed by atoms with E-state index in [1.807, 2.05) is 0 Å². The van der Waals surface area contributed by atoms with Gasteiger partial charge in [-0.2, -0.15) is 0 Å². The highest BCUT2D eigenvalue weighted by Gasteiger charge is 2.32. The summed E-state index contributed by atoms with van der Waals surface area (Å²) in [6, 6.07) is 11.7. The molecule has 1 aliphatic rings. The average Bonchev–Trinajstić information content (AvgIpc) is 2.95. The van der Waals surface area contributed by atoms with Crippen LogP contribution in [-0.2, 0) is 17.9 Å². The van der Waals surface area contributed by atoms with Crippen LogP contribution in [-0.4, -0.2) is 0 Å². The Balaban J connectivity index is 2.12. The Kier molecular flexibility index (Phi) is 4.32. The molecule has 0 radical (unpaired) electrons. The molecule has 1 fully saturated rings. The summed E-state index contributed by atoms with van der Waals surface area (Å²) in [5, 5.41) is 0. The van der Waals surface area contributed by atoms with Gasteiger partial charge in [0.05, 0.1) is 0 Å². The van der Waals surface area contributed by atoms with E-state index in [4.69, 9.17) is 0 Å². The molecule has 1 heteroatoms. The van der Waals surface area contributed by atoms with Crippen LogP contribution in [0.5, 0.6) is 0 Å². The summed E-state index contributed by atoms with van der Waals surface area (Å²) in [5.74, 6) is 0. The molecular weight excluding hydrogens is 290 g/mol. The Bertz CT molecular complexity index is 743. The van der Waals surface area contributed by atoms with E-state index in [0.717, 1.165) is 0 Å². The molecule has 1 aromatic heterocycles. The van der Waals surface area contributed by atoms with E-state index >= 15 is 0 Å². The largest absolute Gasteiger partial charge is 0.212 e. The maximum atomic E-state index is 2.44. The highest BCUT2D eigenvalue weighted by Crippen LogP contribution is 2.41. The van der Waals surface area contributed by atoms with Gasteiger partial charge >= 0.3 is 0 Å². The quantitative estimate of drug-likeness (QED) is 0.632. The molecule has 0 bridgehead atoms. The summed E-state index contributed by atoms with van der Waals surface area (Å²) >= 11 is 0. The molecule has 0 spiro atoms. The number of hydrogen-bond donors (Lipinski definition) is 0. The molecule has 1 saturated carbocycles. The second-order valence-corrected chi connectivity index (χ2v) is 8.96. The zero-order valence-corrected chi connectivity index (χ0v) is 16.2. The highest BCUT2D eigenvalue weighted by atomic mass is 14.9. The SMILES string of the molecule is Cc1ccc(C(C)(C)C)cc1-c1cc(C2(C)CCCC2)cc[n+]1C. The molecule has 128 valence electrons. The van der Waals surface area contributed by atoms with Crippen LogP contribution in [0.25, 0.3) is 11.3 Å². The predicted molar refractivity (Wildman–Crippen MR) is 102 cm³/mol. The molecule has 1 aliphatic carbocycles. The van der Waals surface area contributed by atoms with E-state index in [9.17, 15) is 0 Å². The van der Waals surface area contributed by atoms with Gasteiger partial charge in [-0.25, -0.2) is 4.57 Å². The molecule has 1 nitrogen and oxygen atoms in total. The Morgan fingerprint density at radius 3 is 2.29 bits per heavy atom. The summed E-state index contributed by atoms with van der Waals surface area (Å²) in [4.78, 5) is 0. The van der Waals surface area contributed by atoms with Crippen molar-refractivity contribution in [3.63, 3.8) is 0 Å². The molecule has 3 rings (SSSR count). The summed E-state index contributed by atoms with van der Waals surface area (Å²) in [5.41, 5.74) is 7.51. The van der Waals surface area contributed by atoms with Gasteiger partial charge < -0.3 is 0 Å². The van der Waals surface area contributed by atoms with Crippen LogP contribution >= 0.6 is 0 Å². The molecule has 1 heterocycles. The summed E-state index contributed by atoms with van der Waals surface area (Å²) in [6.07, 6.45) is 7.62. The summed E-state index contributed by atoms with van der Waals surface area (Å²) < 4.78 is 2.27. The smallest absolute Gasteiger partial charge is 0.201 e. The molecule has 0 saturated heterocycles. The van der Waals surface area contributed by atoms with Crippen LogP contribution in [0.4, 0.5) is 0 Å². The highest BCUT2D eigenvalue weighted by molar-refractivity contribution is 5.63. The van der Waals surface area contributed by atoms with Crippen molar-refractivity contribution < 1.29 is 4.57 Å². The van der Waals surface area contributed by atoms with Crippen LogP contribution < -0.4 is 4.57 Å². The van der Waals surface area contributed by atoms with E-state index in [1.54, 1.807) is 0 Å². The molecule has 0 amide bonds. The lowest BCUT2D eigenvalue weighted by atomic mass is 9.80. The fraction of sp³-hybridized carbons (Fsp3) is 0.522. The minimum absolute atomic E-state index is 0.177. The van der Waals surface area contributed by atoms with E-state index in [2.05, 4.69) is 82.8 Å². The zero-order chi connectivity index (χ0) is 17.5. The molecule has 0 unspecified atom stereocenters. The van der Waals surface area contributed by atoms with Crippen molar-refractivity contribution in [1.82, 2.24) is 0 Å². The van der Waals surface area contributed by atoms with Gasteiger partial charge in [0.25, 0.3) is 0 Å². The maximum Gasteiger partial charge on any atom is 0.212 e. The minimum Gasteiger partial charge on any atom is -0.201 e. The Morgan fingerprint density at radius 1 is 1.00 bits per heavy atom. The first-order valence-corrected chi connectivity index (χ1v) is 9.32. The van der Waals surface area contributed by atoms with Crippen molar-refractivity contribution >= 4 is 0 Å². The molecule has 2 aromatic rings. The first kappa shape index (κ1) is 17.2. The average molecular weight is 323 g/mol. The second-order valence-electron chi connectivity index (χ2n) is 8.96. The fourth-order valence-electron chi connectivity index (χ4n) is 4.02. The third-order valence-electron chi connectivity index (χ3n) is 5.93. The summed E-state index contributed by atoms with van der Waals surface area (Å²) in [7, 11) is 2.17. The third kappa shape index (κ3) is 3.14. The lowest BCUT2D eigenvalue weighted by molar-refractivity contribution is -0.660. The fourth-order valence-corrected chi connectivity index (χ4v) is 4.02. The number of pyridine rings is 1. The molecule has 1 aromatic carbocycles. The minimum atomic E-state index is 0.177. The van der Waals surface area contributed by atoms with E-state index in [0.29, 0.717) is 5.41 Å². The van der Waals surface area contributed by atoms with Crippen LogP contribution in [0, 0.1) is 6.92 Å². The van der Waals surface area contributed by atoms with Gasteiger partial charge in [0, 0.05) is 17.7 Å². The van der Waals surface area contributed by atoms with Gasteiger partial charge in [0.1, 0.15) is 7.05 Å². The van der Waals surface area contributed by atoms with Gasteiger partial charge in [-0.3, -0.25) is 0 Å². The lowest BCUT2D eigenvalue weighted by Crippen LogP contribution is -2.32. The van der Waals surface area contributed by atoms with Gasteiger partial charge in [-0.15, -0.1) is 0 Å². The molecular formula is C23H32N+. The van der Waals surface area contributed by atoms with Crippen molar-refractivity contribution in [2.75, 3.05) is 0 Å². The standard InChI is InChI=1S/C23H32N/c1-17-9-10-18(22(2,3)4)15-20(17)21-16-19(11-14-24(21)6)23(5)12-7-8-13-23/h9-11,14-16H,7-8,12-13H2,1-6H3/q+1. The number of aromatic nitrogens is 1. The van der Waals surface area contributed by atoms with E-state index in [-0.39, 0.29) is 5.41 Å². The number of hydrogen-bond acceptors (Lipinski definition) is 0. The van der Waals surface area contributed by atoms with Crippen LogP contribution in [0.1, 0.15) is 70.1 Å². The van der Waals surface area contributed by atoms with Crippen molar-refractivity contribution in [3.8, 4) is 11.3 Å². The van der Waals surface area contributed by atoms with Crippen LogP contribution in [0.2, 0.25) is 0 Å². The van der Waals surface area contributed by atoms with Gasteiger partial charge in [0.2, 0.25) is 5.69 Å². The molecule has 0 aliphatic heterocycles. The van der Waals surface area contributed by atoms with E-state index in [1.165, 1.54) is 53.6 Å². The number of nitrogens with zero attached hydrogens (tertiary/aromatic N) is 1. The third-order valence-corrected chi connectivity index (χ3v) is 5.93. The van der Waals surface area contributed by atoms with Crippen molar-refractivity contribution in [3.05, 3.63) is 53.2 Å². The van der Waals surface area contributed by atoms with E-state index < -0.39 is 0 Å². The number of aryl methyl sites for hydroxylation is 2.